The molecule has 0 N–H and O–H groups in total. The van der Waals surface area contributed by atoms with Gasteiger partial charge in [-0.2, -0.15) is 0 Å². The Labute approximate surface area is 209 Å². The third-order valence-corrected chi connectivity index (χ3v) is 4.95. The number of hydrogen-bond acceptors (Lipinski definition) is 2. The largest absolute Gasteiger partial charge is 0.302 e. The Morgan fingerprint density at radius 3 is 1.73 bits per heavy atom. The summed E-state index contributed by atoms with van der Waals surface area (Å²) in [5.74, 6) is 0. The van der Waals surface area contributed by atoms with Gasteiger partial charge in [-0.15, -0.1) is 71.3 Å². The molecule has 5 aromatic rings. The van der Waals surface area contributed by atoms with Crippen LogP contribution in [0, 0.1) is 26.0 Å². The van der Waals surface area contributed by atoms with Gasteiger partial charge in [0.25, 0.3) is 0 Å². The molecule has 0 amide bonds. The van der Waals surface area contributed by atoms with E-state index in [1.54, 1.807) is 0 Å². The van der Waals surface area contributed by atoms with Crippen molar-refractivity contribution in [2.24, 2.45) is 0 Å². The van der Waals surface area contributed by atoms with Gasteiger partial charge < -0.3 is 9.97 Å². The fourth-order valence-electron chi connectivity index (χ4n) is 3.36. The Balaban J connectivity index is 0.000000192. The van der Waals surface area contributed by atoms with E-state index < -0.39 is 0 Å². The third-order valence-electron chi connectivity index (χ3n) is 4.95. The second-order valence-electron chi connectivity index (χ2n) is 7.46. The second kappa shape index (κ2) is 12.0. The van der Waals surface area contributed by atoms with Crippen LogP contribution in [0.4, 0.5) is 0 Å². The predicted octanol–water partition coefficient (Wildman–Crippen LogP) is 7.38. The van der Waals surface area contributed by atoms with E-state index in [9.17, 15) is 0 Å². The molecule has 0 saturated heterocycles. The summed E-state index contributed by atoms with van der Waals surface area (Å²) in [4.78, 5) is 8.96. The standard InChI is InChI=1S/C18H14N.C12H10N.Ir/c1-14-7-5-12-18(19-14)17-11-6-10-16(13-17)15-8-3-2-4-9-15;1-10-6-5-9-12(13-10)11-7-3-2-4-8-11;/h2-10,12-13H,1H3;2-7,9H,1H3;/q2*-1;. The second-order valence-corrected chi connectivity index (χ2v) is 7.46. The maximum Gasteiger partial charge on any atom is 0.0266 e. The van der Waals surface area contributed by atoms with Crippen LogP contribution in [0.5, 0.6) is 0 Å². The van der Waals surface area contributed by atoms with E-state index in [0.29, 0.717) is 0 Å². The van der Waals surface area contributed by atoms with Gasteiger partial charge >= 0.3 is 0 Å². The maximum atomic E-state index is 4.55. The summed E-state index contributed by atoms with van der Waals surface area (Å²) < 4.78 is 0. The van der Waals surface area contributed by atoms with Gasteiger partial charge in [-0.1, -0.05) is 54.6 Å². The molecule has 0 aliphatic carbocycles. The van der Waals surface area contributed by atoms with Gasteiger partial charge in [-0.05, 0) is 42.9 Å². The van der Waals surface area contributed by atoms with Crippen molar-refractivity contribution in [1.82, 2.24) is 9.97 Å². The molecule has 0 fully saturated rings. The quantitative estimate of drug-likeness (QED) is 0.201. The first-order valence-corrected chi connectivity index (χ1v) is 10.6. The molecule has 0 bridgehead atoms. The number of nitrogens with zero attached hydrogens (tertiary/aromatic N) is 2. The normalized spacial score (nSPS) is 9.88. The van der Waals surface area contributed by atoms with Gasteiger partial charge in [0.1, 0.15) is 0 Å². The number of hydrogen-bond donors (Lipinski definition) is 0. The summed E-state index contributed by atoms with van der Waals surface area (Å²) in [6, 6.07) is 42.9. The molecule has 2 heterocycles. The number of aryl methyl sites for hydroxylation is 2. The third kappa shape index (κ3) is 6.79. The summed E-state index contributed by atoms with van der Waals surface area (Å²) in [7, 11) is 0. The van der Waals surface area contributed by atoms with Crippen LogP contribution in [0.2, 0.25) is 0 Å². The van der Waals surface area contributed by atoms with Crippen molar-refractivity contribution in [2.45, 2.75) is 13.8 Å². The number of pyridine rings is 2. The van der Waals surface area contributed by atoms with Gasteiger partial charge in [-0.25, -0.2) is 0 Å². The predicted molar refractivity (Wildman–Crippen MR) is 132 cm³/mol. The van der Waals surface area contributed by atoms with Gasteiger partial charge in [0.05, 0.1) is 0 Å². The average molecular weight is 605 g/mol. The summed E-state index contributed by atoms with van der Waals surface area (Å²) in [6.45, 7) is 4.00. The number of aromatic nitrogens is 2. The molecule has 3 heteroatoms. The first kappa shape index (κ1) is 24.3. The first-order valence-electron chi connectivity index (χ1n) is 10.6. The Morgan fingerprint density at radius 2 is 1.12 bits per heavy atom. The summed E-state index contributed by atoms with van der Waals surface area (Å²) >= 11 is 0. The van der Waals surface area contributed by atoms with Crippen molar-refractivity contribution in [1.29, 1.82) is 0 Å². The summed E-state index contributed by atoms with van der Waals surface area (Å²) in [5.41, 5.74) is 8.50. The molecule has 5 rings (SSSR count). The van der Waals surface area contributed by atoms with Crippen LogP contribution in [0.15, 0.2) is 109 Å². The minimum atomic E-state index is 0. The molecule has 0 atom stereocenters. The van der Waals surface area contributed by atoms with Crippen molar-refractivity contribution < 1.29 is 20.1 Å². The molecule has 165 valence electrons. The molecular weight excluding hydrogens is 581 g/mol. The molecule has 0 unspecified atom stereocenters. The fourth-order valence-corrected chi connectivity index (χ4v) is 3.36. The topological polar surface area (TPSA) is 25.8 Å². The number of rotatable bonds is 3. The van der Waals surface area contributed by atoms with Crippen molar-refractivity contribution in [2.75, 3.05) is 0 Å². The van der Waals surface area contributed by atoms with Gasteiger partial charge in [0.15, 0.2) is 0 Å². The number of benzene rings is 3. The smallest absolute Gasteiger partial charge is 0.0266 e. The molecule has 0 aliphatic rings. The van der Waals surface area contributed by atoms with E-state index in [0.717, 1.165) is 33.9 Å². The van der Waals surface area contributed by atoms with Gasteiger partial charge in [0.2, 0.25) is 0 Å². The summed E-state index contributed by atoms with van der Waals surface area (Å²) in [6.07, 6.45) is 0. The van der Waals surface area contributed by atoms with Crippen LogP contribution in [0.25, 0.3) is 33.6 Å². The Morgan fingerprint density at radius 1 is 0.515 bits per heavy atom. The molecule has 0 aliphatic heterocycles. The summed E-state index contributed by atoms with van der Waals surface area (Å²) in [5, 5.41) is 0. The van der Waals surface area contributed by atoms with E-state index in [1.165, 1.54) is 11.1 Å². The zero-order valence-corrected chi connectivity index (χ0v) is 21.0. The monoisotopic (exact) mass is 605 g/mol. The molecule has 2 aromatic heterocycles. The van der Waals surface area contributed by atoms with Crippen LogP contribution < -0.4 is 0 Å². The Bertz CT molecular complexity index is 1290. The van der Waals surface area contributed by atoms with Crippen molar-refractivity contribution in [3.8, 4) is 33.6 Å². The van der Waals surface area contributed by atoms with Gasteiger partial charge in [0, 0.05) is 31.5 Å². The van der Waals surface area contributed by atoms with Crippen molar-refractivity contribution in [3.05, 3.63) is 133 Å². The Hall–Kier alpha value is -3.39. The minimum absolute atomic E-state index is 0. The van der Waals surface area contributed by atoms with E-state index in [2.05, 4.69) is 58.5 Å². The van der Waals surface area contributed by atoms with Crippen LogP contribution in [0.1, 0.15) is 11.4 Å². The average Bonchev–Trinajstić information content (AvgIpc) is 2.86. The maximum absolute atomic E-state index is 4.55. The molecule has 33 heavy (non-hydrogen) atoms. The van der Waals surface area contributed by atoms with Crippen LogP contribution in [-0.2, 0) is 20.1 Å². The molecular formula is C30H24IrN2-2. The molecule has 1 radical (unpaired) electrons. The molecule has 0 spiro atoms. The van der Waals surface area contributed by atoms with Gasteiger partial charge in [-0.3, -0.25) is 0 Å². The fraction of sp³-hybridized carbons (Fsp3) is 0.0667. The van der Waals surface area contributed by atoms with E-state index in [1.807, 2.05) is 86.6 Å². The van der Waals surface area contributed by atoms with E-state index >= 15 is 0 Å². The van der Waals surface area contributed by atoms with Crippen LogP contribution in [-0.4, -0.2) is 9.97 Å². The van der Waals surface area contributed by atoms with Crippen molar-refractivity contribution >= 4 is 0 Å². The molecule has 0 saturated carbocycles. The molecule has 3 aromatic carbocycles. The minimum Gasteiger partial charge on any atom is -0.302 e. The van der Waals surface area contributed by atoms with Crippen LogP contribution >= 0.6 is 0 Å². The Kier molecular flexibility index (Phi) is 8.83. The van der Waals surface area contributed by atoms with Crippen molar-refractivity contribution in [3.63, 3.8) is 0 Å². The van der Waals surface area contributed by atoms with E-state index in [4.69, 9.17) is 0 Å². The first-order chi connectivity index (χ1) is 15.7. The van der Waals surface area contributed by atoms with Crippen LogP contribution in [0.3, 0.4) is 0 Å². The molecule has 2 nitrogen and oxygen atoms in total. The zero-order valence-electron chi connectivity index (χ0n) is 18.6. The zero-order chi connectivity index (χ0) is 22.2. The SMILES string of the molecule is Cc1cccc(-c2[c-]ccc(-c3ccccc3)c2)n1.Cc1cccc(-c2[c-]cccc2)n1.[Ir]. The van der Waals surface area contributed by atoms with E-state index in [-0.39, 0.29) is 20.1 Å².